The fraction of sp³-hybridized carbons (Fsp3) is 0.188. The van der Waals surface area contributed by atoms with E-state index in [1.54, 1.807) is 0 Å². The molecule has 0 aliphatic heterocycles. The van der Waals surface area contributed by atoms with Crippen LogP contribution < -0.4 is 5.69 Å². The fourth-order valence-corrected chi connectivity index (χ4v) is 2.63. The molecule has 0 aliphatic rings. The third-order valence-corrected chi connectivity index (χ3v) is 3.90. The minimum Gasteiger partial charge on any atom is -0.258 e. The summed E-state index contributed by atoms with van der Waals surface area (Å²) in [5, 5.41) is 17.7. The van der Waals surface area contributed by atoms with Gasteiger partial charge in [-0.25, -0.2) is 13.9 Å². The maximum atomic E-state index is 13.7. The summed E-state index contributed by atoms with van der Waals surface area (Å²) in [5.74, 6) is -1.16. The molecule has 146 valence electrons. The lowest BCUT2D eigenvalue weighted by Gasteiger charge is -2.12. The summed E-state index contributed by atoms with van der Waals surface area (Å²) < 4.78 is 53.3. The van der Waals surface area contributed by atoms with Crippen LogP contribution in [-0.4, -0.2) is 24.7 Å². The van der Waals surface area contributed by atoms with Crippen molar-refractivity contribution in [1.29, 1.82) is 0 Å². The number of halogens is 4. The Labute approximate surface area is 153 Å². The highest BCUT2D eigenvalue weighted by atomic mass is 19.4. The van der Waals surface area contributed by atoms with Crippen molar-refractivity contribution in [3.63, 3.8) is 0 Å². The largest absolute Gasteiger partial charge is 0.416 e. The Hall–Kier alpha value is -3.57. The smallest absolute Gasteiger partial charge is 0.258 e. The van der Waals surface area contributed by atoms with E-state index < -0.39 is 28.2 Å². The number of tetrazole rings is 1. The van der Waals surface area contributed by atoms with E-state index in [2.05, 4.69) is 10.3 Å². The maximum absolute atomic E-state index is 13.7. The van der Waals surface area contributed by atoms with Crippen LogP contribution in [0.4, 0.5) is 23.2 Å². The average molecular weight is 397 g/mol. The summed E-state index contributed by atoms with van der Waals surface area (Å²) in [5.41, 5.74) is -1.82. The zero-order valence-electron chi connectivity index (χ0n) is 14.1. The van der Waals surface area contributed by atoms with Crippen LogP contribution in [0, 0.1) is 22.9 Å². The molecular formula is C16H11F4N5O3. The van der Waals surface area contributed by atoms with Crippen molar-refractivity contribution in [2.24, 2.45) is 0 Å². The van der Waals surface area contributed by atoms with Gasteiger partial charge in [0.25, 0.3) is 5.69 Å². The van der Waals surface area contributed by atoms with Crippen molar-refractivity contribution < 1.29 is 22.5 Å². The van der Waals surface area contributed by atoms with E-state index in [1.807, 2.05) is 0 Å². The second kappa shape index (κ2) is 6.87. The highest BCUT2D eigenvalue weighted by Crippen LogP contribution is 2.31. The van der Waals surface area contributed by atoms with Crippen molar-refractivity contribution in [3.8, 4) is 5.69 Å². The molecular weight excluding hydrogens is 386 g/mol. The maximum Gasteiger partial charge on any atom is 0.416 e. The Morgan fingerprint density at radius 3 is 2.50 bits per heavy atom. The second-order valence-electron chi connectivity index (χ2n) is 5.89. The molecule has 0 aliphatic carbocycles. The van der Waals surface area contributed by atoms with Crippen molar-refractivity contribution in [2.45, 2.75) is 19.6 Å². The number of alkyl halides is 3. The summed E-state index contributed by atoms with van der Waals surface area (Å²) in [4.78, 5) is 23.1. The van der Waals surface area contributed by atoms with Crippen LogP contribution in [-0.2, 0) is 12.7 Å². The predicted octanol–water partition coefficient (Wildman–Crippen LogP) is 2.85. The number of hydrogen-bond acceptors (Lipinski definition) is 5. The first kappa shape index (κ1) is 19.2. The van der Waals surface area contributed by atoms with Crippen LogP contribution >= 0.6 is 0 Å². The topological polar surface area (TPSA) is 95.8 Å². The third-order valence-electron chi connectivity index (χ3n) is 3.90. The van der Waals surface area contributed by atoms with Gasteiger partial charge in [0.1, 0.15) is 5.82 Å². The average Bonchev–Trinajstić information content (AvgIpc) is 2.94. The number of nitro benzene ring substituents is 1. The molecule has 0 atom stereocenters. The molecule has 0 saturated carbocycles. The van der Waals surface area contributed by atoms with Gasteiger partial charge in [0.2, 0.25) is 0 Å². The van der Waals surface area contributed by atoms with E-state index in [9.17, 15) is 32.5 Å². The third kappa shape index (κ3) is 3.75. The number of aromatic nitrogens is 4. The molecule has 1 aromatic heterocycles. The van der Waals surface area contributed by atoms with Crippen LogP contribution in [0.15, 0.2) is 41.2 Å². The van der Waals surface area contributed by atoms with Crippen molar-refractivity contribution in [3.05, 3.63) is 79.5 Å². The second-order valence-corrected chi connectivity index (χ2v) is 5.89. The molecule has 2 aromatic carbocycles. The Morgan fingerprint density at radius 1 is 1.18 bits per heavy atom. The molecule has 0 unspecified atom stereocenters. The van der Waals surface area contributed by atoms with Gasteiger partial charge in [0, 0.05) is 17.7 Å². The number of aryl methyl sites for hydroxylation is 1. The predicted molar refractivity (Wildman–Crippen MR) is 87.5 cm³/mol. The van der Waals surface area contributed by atoms with Gasteiger partial charge in [-0.05, 0) is 35.9 Å². The summed E-state index contributed by atoms with van der Waals surface area (Å²) in [6.07, 6.45) is -4.79. The minimum absolute atomic E-state index is 0.123. The Bertz CT molecular complexity index is 1120. The quantitative estimate of drug-likeness (QED) is 0.383. The molecule has 12 heteroatoms. The van der Waals surface area contributed by atoms with Gasteiger partial charge in [0.05, 0.1) is 22.7 Å². The van der Waals surface area contributed by atoms with Gasteiger partial charge in [-0.2, -0.15) is 13.2 Å². The van der Waals surface area contributed by atoms with Crippen LogP contribution in [0.25, 0.3) is 5.69 Å². The Balaban J connectivity index is 2.04. The van der Waals surface area contributed by atoms with Gasteiger partial charge in [0.15, 0.2) is 0 Å². The monoisotopic (exact) mass is 397 g/mol. The van der Waals surface area contributed by atoms with Crippen molar-refractivity contribution in [1.82, 2.24) is 19.8 Å². The van der Waals surface area contributed by atoms with Gasteiger partial charge in [-0.1, -0.05) is 11.2 Å². The molecule has 1 heterocycles. The normalized spacial score (nSPS) is 11.6. The SMILES string of the molecule is Cc1cc(Cn2c(=O)nnn2-c2cc(F)cc(C(F)(F)F)c2)ccc1[N+](=O)[O-]. The molecule has 0 amide bonds. The van der Waals surface area contributed by atoms with E-state index in [0.717, 1.165) is 15.5 Å². The molecule has 3 aromatic rings. The zero-order valence-corrected chi connectivity index (χ0v) is 14.1. The Kier molecular flexibility index (Phi) is 4.71. The summed E-state index contributed by atoms with van der Waals surface area (Å²) in [6, 6.07) is 5.82. The summed E-state index contributed by atoms with van der Waals surface area (Å²) in [7, 11) is 0. The molecule has 0 spiro atoms. The summed E-state index contributed by atoms with van der Waals surface area (Å²) in [6.45, 7) is 1.31. The van der Waals surface area contributed by atoms with Gasteiger partial charge >= 0.3 is 11.9 Å². The molecule has 8 nitrogen and oxygen atoms in total. The number of hydrogen-bond donors (Lipinski definition) is 0. The first-order chi connectivity index (χ1) is 13.1. The number of nitro groups is 1. The Morgan fingerprint density at radius 2 is 1.89 bits per heavy atom. The van der Waals surface area contributed by atoms with E-state index >= 15 is 0 Å². The van der Waals surface area contributed by atoms with Crippen LogP contribution in [0.5, 0.6) is 0 Å². The van der Waals surface area contributed by atoms with E-state index in [1.165, 1.54) is 25.1 Å². The molecule has 3 rings (SSSR count). The highest BCUT2D eigenvalue weighted by Gasteiger charge is 2.32. The highest BCUT2D eigenvalue weighted by molar-refractivity contribution is 5.42. The lowest BCUT2D eigenvalue weighted by molar-refractivity contribution is -0.385. The molecule has 0 bridgehead atoms. The number of benzene rings is 2. The lowest BCUT2D eigenvalue weighted by Crippen LogP contribution is -2.24. The van der Waals surface area contributed by atoms with Crippen LogP contribution in [0.2, 0.25) is 0 Å². The molecule has 0 saturated heterocycles. The molecule has 0 fully saturated rings. The van der Waals surface area contributed by atoms with E-state index in [0.29, 0.717) is 23.3 Å². The fourth-order valence-electron chi connectivity index (χ4n) is 2.63. The van der Waals surface area contributed by atoms with Crippen LogP contribution in [0.3, 0.4) is 0 Å². The molecule has 28 heavy (non-hydrogen) atoms. The lowest BCUT2D eigenvalue weighted by atomic mass is 10.1. The van der Waals surface area contributed by atoms with Gasteiger partial charge in [-0.3, -0.25) is 10.1 Å². The van der Waals surface area contributed by atoms with Crippen molar-refractivity contribution >= 4 is 5.69 Å². The van der Waals surface area contributed by atoms with Gasteiger partial charge in [-0.15, -0.1) is 4.80 Å². The van der Waals surface area contributed by atoms with Gasteiger partial charge < -0.3 is 0 Å². The molecule has 0 radical (unpaired) electrons. The summed E-state index contributed by atoms with van der Waals surface area (Å²) >= 11 is 0. The minimum atomic E-state index is -4.79. The first-order valence-electron chi connectivity index (χ1n) is 7.71. The zero-order chi connectivity index (χ0) is 20.6. The molecule has 0 N–H and O–H groups in total. The standard InChI is InChI=1S/C16H11F4N5O3/c1-9-4-10(2-3-14(9)25(27)28)8-23-15(26)21-22-24(23)13-6-11(16(18,19)20)5-12(17)7-13/h2-7H,8H2,1H3. The van der Waals surface area contributed by atoms with Crippen LogP contribution in [0.1, 0.15) is 16.7 Å². The van der Waals surface area contributed by atoms with E-state index in [4.69, 9.17) is 0 Å². The van der Waals surface area contributed by atoms with Crippen molar-refractivity contribution in [2.75, 3.05) is 0 Å². The van der Waals surface area contributed by atoms with E-state index in [-0.39, 0.29) is 17.9 Å². The number of nitrogens with zero attached hydrogens (tertiary/aromatic N) is 5. The number of rotatable bonds is 4. The first-order valence-corrected chi connectivity index (χ1v) is 7.71.